The van der Waals surface area contributed by atoms with Gasteiger partial charge in [-0.2, -0.15) is 0 Å². The topological polar surface area (TPSA) is 99.4 Å². The van der Waals surface area contributed by atoms with Crippen molar-refractivity contribution in [2.45, 2.75) is 124 Å². The molecule has 1 aromatic carbocycles. The number of unbranched alkanes of at least 4 members (excludes halogenated alkanes) is 1. The van der Waals surface area contributed by atoms with Crippen LogP contribution < -0.4 is 0 Å². The van der Waals surface area contributed by atoms with E-state index in [0.29, 0.717) is 12.8 Å². The standard InChI is InChI=1S/C27H50O6P2/c1-12-14-15-27(13-2,18-32-34(28)29)23(33-35(30)31)22-20(25(6,7)8)16-19(24(3,4)5)17-21(22)26(9,10)11/h16-17,23,28-31H,12-15,18H2,1-11H3. The zero-order chi connectivity index (χ0) is 27.4. The summed E-state index contributed by atoms with van der Waals surface area (Å²) < 4.78 is 11.5. The molecule has 0 heterocycles. The smallest absolute Gasteiger partial charge is 0.327 e. The molecule has 1 rings (SSSR count). The lowest BCUT2D eigenvalue weighted by Crippen LogP contribution is -2.37. The molecular formula is C27H50O6P2. The van der Waals surface area contributed by atoms with Crippen LogP contribution in [0.25, 0.3) is 0 Å². The van der Waals surface area contributed by atoms with Crippen LogP contribution in [0.2, 0.25) is 0 Å². The third kappa shape index (κ3) is 8.97. The molecule has 0 amide bonds. The Morgan fingerprint density at radius 3 is 1.57 bits per heavy atom. The quantitative estimate of drug-likeness (QED) is 0.218. The molecule has 1 aromatic rings. The fourth-order valence-electron chi connectivity index (χ4n) is 4.63. The first-order valence-electron chi connectivity index (χ1n) is 12.6. The molecule has 0 saturated heterocycles. The Hall–Kier alpha value is -0.160. The van der Waals surface area contributed by atoms with Crippen LogP contribution in [0.4, 0.5) is 0 Å². The van der Waals surface area contributed by atoms with E-state index in [1.165, 1.54) is 5.56 Å². The maximum atomic E-state index is 10.2. The van der Waals surface area contributed by atoms with Crippen LogP contribution in [0, 0.1) is 5.41 Å². The van der Waals surface area contributed by atoms with Crippen LogP contribution in [-0.2, 0) is 25.3 Å². The van der Waals surface area contributed by atoms with Crippen molar-refractivity contribution >= 4 is 17.2 Å². The summed E-state index contributed by atoms with van der Waals surface area (Å²) in [5.41, 5.74) is 3.10. The summed E-state index contributed by atoms with van der Waals surface area (Å²) in [4.78, 5) is 39.6. The van der Waals surface area contributed by atoms with Gasteiger partial charge in [-0.25, -0.2) is 0 Å². The maximum Gasteiger partial charge on any atom is 0.327 e. The van der Waals surface area contributed by atoms with Crippen molar-refractivity contribution in [3.8, 4) is 0 Å². The maximum absolute atomic E-state index is 10.2. The van der Waals surface area contributed by atoms with Crippen LogP contribution in [0.15, 0.2) is 12.1 Å². The molecule has 0 aromatic heterocycles. The van der Waals surface area contributed by atoms with Gasteiger partial charge in [-0.05, 0) is 51.3 Å². The van der Waals surface area contributed by atoms with E-state index < -0.39 is 28.7 Å². The van der Waals surface area contributed by atoms with E-state index in [-0.39, 0.29) is 22.9 Å². The molecule has 0 aliphatic heterocycles. The Bertz CT molecular complexity index is 770. The molecule has 2 unspecified atom stereocenters. The van der Waals surface area contributed by atoms with Gasteiger partial charge in [-0.1, -0.05) is 101 Å². The van der Waals surface area contributed by atoms with E-state index in [9.17, 15) is 19.6 Å². The van der Waals surface area contributed by atoms with Crippen molar-refractivity contribution < 1.29 is 28.6 Å². The van der Waals surface area contributed by atoms with Crippen LogP contribution >= 0.6 is 17.2 Å². The van der Waals surface area contributed by atoms with Crippen LogP contribution in [0.5, 0.6) is 0 Å². The van der Waals surface area contributed by atoms with Gasteiger partial charge in [0.2, 0.25) is 0 Å². The van der Waals surface area contributed by atoms with Gasteiger partial charge in [0.25, 0.3) is 0 Å². The van der Waals surface area contributed by atoms with Gasteiger partial charge >= 0.3 is 17.2 Å². The Morgan fingerprint density at radius 2 is 1.26 bits per heavy atom. The van der Waals surface area contributed by atoms with Crippen molar-refractivity contribution in [3.63, 3.8) is 0 Å². The Labute approximate surface area is 216 Å². The average molecular weight is 533 g/mol. The van der Waals surface area contributed by atoms with E-state index in [4.69, 9.17) is 9.05 Å². The molecule has 0 saturated carbocycles. The molecule has 0 aliphatic rings. The number of rotatable bonds is 11. The van der Waals surface area contributed by atoms with Gasteiger partial charge in [0.05, 0.1) is 12.7 Å². The summed E-state index contributed by atoms with van der Waals surface area (Å²) in [5.74, 6) is 0. The highest BCUT2D eigenvalue weighted by molar-refractivity contribution is 7.39. The van der Waals surface area contributed by atoms with E-state index in [2.05, 4.69) is 81.4 Å². The Balaban J connectivity index is 4.18. The van der Waals surface area contributed by atoms with E-state index >= 15 is 0 Å². The molecule has 2 atom stereocenters. The number of hydrogen-bond donors (Lipinski definition) is 4. The fourth-order valence-corrected chi connectivity index (χ4v) is 5.52. The summed E-state index contributed by atoms with van der Waals surface area (Å²) in [6.45, 7) is 23.8. The van der Waals surface area contributed by atoms with Gasteiger partial charge in [-0.15, -0.1) is 0 Å². The van der Waals surface area contributed by atoms with Crippen molar-refractivity contribution in [3.05, 3.63) is 34.4 Å². The zero-order valence-corrected chi connectivity index (χ0v) is 25.6. The van der Waals surface area contributed by atoms with Crippen LogP contribution in [0.3, 0.4) is 0 Å². The number of hydrogen-bond acceptors (Lipinski definition) is 6. The minimum Gasteiger partial charge on any atom is -0.328 e. The summed E-state index contributed by atoms with van der Waals surface area (Å²) in [5, 5.41) is 0. The summed E-state index contributed by atoms with van der Waals surface area (Å²) in [6, 6.07) is 4.48. The van der Waals surface area contributed by atoms with E-state index in [0.717, 1.165) is 29.5 Å². The molecule has 0 radical (unpaired) electrons. The van der Waals surface area contributed by atoms with Crippen LogP contribution in [-0.4, -0.2) is 26.2 Å². The molecule has 8 heteroatoms. The molecule has 204 valence electrons. The Morgan fingerprint density at radius 1 is 0.771 bits per heavy atom. The first-order chi connectivity index (χ1) is 15.8. The van der Waals surface area contributed by atoms with Crippen molar-refractivity contribution in [1.29, 1.82) is 0 Å². The van der Waals surface area contributed by atoms with E-state index in [1.54, 1.807) is 0 Å². The third-order valence-corrected chi connectivity index (χ3v) is 7.64. The molecular weight excluding hydrogens is 482 g/mol. The molecule has 35 heavy (non-hydrogen) atoms. The van der Waals surface area contributed by atoms with Gasteiger partial charge in [0, 0.05) is 5.41 Å². The molecule has 0 spiro atoms. The summed E-state index contributed by atoms with van der Waals surface area (Å²) in [6.07, 6.45) is 2.41. The number of benzene rings is 1. The van der Waals surface area contributed by atoms with E-state index in [1.807, 2.05) is 6.92 Å². The minimum absolute atomic E-state index is 0.0459. The molecule has 6 nitrogen and oxygen atoms in total. The fraction of sp³-hybridized carbons (Fsp3) is 0.778. The second-order valence-electron chi connectivity index (χ2n) is 12.8. The van der Waals surface area contributed by atoms with Crippen LogP contribution in [0.1, 0.15) is 130 Å². The van der Waals surface area contributed by atoms with Crippen molar-refractivity contribution in [2.75, 3.05) is 6.61 Å². The average Bonchev–Trinajstić information content (AvgIpc) is 2.69. The van der Waals surface area contributed by atoms with Crippen molar-refractivity contribution in [2.24, 2.45) is 5.41 Å². The predicted octanol–water partition coefficient (Wildman–Crippen LogP) is 7.66. The highest BCUT2D eigenvalue weighted by Gasteiger charge is 2.45. The second-order valence-corrected chi connectivity index (χ2v) is 14.3. The molecule has 0 aliphatic carbocycles. The normalized spacial score (nSPS) is 16.1. The Kier molecular flexibility index (Phi) is 11.8. The lowest BCUT2D eigenvalue weighted by molar-refractivity contribution is -0.0169. The summed E-state index contributed by atoms with van der Waals surface area (Å²) in [7, 11) is -5.23. The SMILES string of the molecule is CCCCC(CC)(COP(O)O)C(OP(O)O)c1c(C(C)(C)C)cc(C(C)(C)C)cc1C(C)(C)C. The van der Waals surface area contributed by atoms with Gasteiger partial charge in [-0.3, -0.25) is 0 Å². The molecule has 0 bridgehead atoms. The minimum atomic E-state index is -2.68. The second kappa shape index (κ2) is 12.6. The molecule has 4 N–H and O–H groups in total. The first-order valence-corrected chi connectivity index (χ1v) is 15.0. The van der Waals surface area contributed by atoms with Gasteiger partial charge in [0.15, 0.2) is 0 Å². The lowest BCUT2D eigenvalue weighted by Gasteiger charge is -2.44. The third-order valence-electron chi connectivity index (χ3n) is 6.88. The van der Waals surface area contributed by atoms with Gasteiger partial charge in [0.1, 0.15) is 0 Å². The molecule has 0 fully saturated rings. The van der Waals surface area contributed by atoms with Crippen molar-refractivity contribution in [1.82, 2.24) is 0 Å². The largest absolute Gasteiger partial charge is 0.328 e. The lowest BCUT2D eigenvalue weighted by atomic mass is 9.65. The predicted molar refractivity (Wildman–Crippen MR) is 147 cm³/mol. The first kappa shape index (κ1) is 32.9. The van der Waals surface area contributed by atoms with Gasteiger partial charge < -0.3 is 28.6 Å². The highest BCUT2D eigenvalue weighted by Crippen LogP contribution is 2.55. The highest BCUT2D eigenvalue weighted by atomic mass is 31.2. The summed E-state index contributed by atoms with van der Waals surface area (Å²) >= 11 is 0. The monoisotopic (exact) mass is 532 g/mol. The zero-order valence-electron chi connectivity index (χ0n) is 23.8.